The van der Waals surface area contributed by atoms with Gasteiger partial charge in [0.15, 0.2) is 0 Å². The summed E-state index contributed by atoms with van der Waals surface area (Å²) in [7, 11) is -3.90. The van der Waals surface area contributed by atoms with Crippen molar-refractivity contribution >= 4 is 15.7 Å². The third kappa shape index (κ3) is 3.12. The molecule has 0 radical (unpaired) electrons. The van der Waals surface area contributed by atoms with Gasteiger partial charge in [-0.05, 0) is 49.2 Å². The molecular formula is C14H14FNO2S. The lowest BCUT2D eigenvalue weighted by atomic mass is 10.1. The smallest absolute Gasteiger partial charge is 0.264 e. The maximum atomic E-state index is 13.5. The third-order valence-electron chi connectivity index (χ3n) is 2.60. The summed E-state index contributed by atoms with van der Waals surface area (Å²) < 4.78 is 40.1. The van der Waals surface area contributed by atoms with Crippen LogP contribution in [0.4, 0.5) is 10.1 Å². The number of nitrogens with one attached hydrogen (secondary N) is 1. The van der Waals surface area contributed by atoms with Gasteiger partial charge in [0.25, 0.3) is 10.0 Å². The zero-order valence-electron chi connectivity index (χ0n) is 10.6. The number of halogens is 1. The van der Waals surface area contributed by atoms with Gasteiger partial charge in [-0.15, -0.1) is 0 Å². The van der Waals surface area contributed by atoms with E-state index in [1.54, 1.807) is 12.1 Å². The number of sulfonamides is 1. The van der Waals surface area contributed by atoms with Crippen LogP contribution in [0.5, 0.6) is 0 Å². The van der Waals surface area contributed by atoms with E-state index >= 15 is 0 Å². The molecule has 2 aromatic rings. The Kier molecular flexibility index (Phi) is 3.57. The highest BCUT2D eigenvalue weighted by Crippen LogP contribution is 2.20. The first-order chi connectivity index (χ1) is 8.88. The molecule has 0 atom stereocenters. The van der Waals surface area contributed by atoms with Gasteiger partial charge in [0, 0.05) is 5.69 Å². The molecular weight excluding hydrogens is 265 g/mol. The fourth-order valence-corrected chi connectivity index (χ4v) is 3.03. The summed E-state index contributed by atoms with van der Waals surface area (Å²) in [4.78, 5) is -0.353. The molecule has 1 N–H and O–H groups in total. The highest BCUT2D eigenvalue weighted by Gasteiger charge is 2.18. The fraction of sp³-hybridized carbons (Fsp3) is 0.143. The van der Waals surface area contributed by atoms with Crippen LogP contribution in [0.3, 0.4) is 0 Å². The fourth-order valence-electron chi connectivity index (χ4n) is 1.91. The van der Waals surface area contributed by atoms with Crippen molar-refractivity contribution in [3.05, 3.63) is 59.4 Å². The van der Waals surface area contributed by atoms with Gasteiger partial charge in [-0.2, -0.15) is 0 Å². The quantitative estimate of drug-likeness (QED) is 0.937. The Labute approximate surface area is 112 Å². The number of hydrogen-bond donors (Lipinski definition) is 1. The molecule has 2 aromatic carbocycles. The number of benzene rings is 2. The van der Waals surface area contributed by atoms with E-state index < -0.39 is 15.8 Å². The number of aryl methyl sites for hydroxylation is 2. The lowest BCUT2D eigenvalue weighted by Crippen LogP contribution is -2.14. The van der Waals surface area contributed by atoms with Crippen LogP contribution in [-0.2, 0) is 10.0 Å². The molecule has 0 aliphatic rings. The van der Waals surface area contributed by atoms with Crippen molar-refractivity contribution in [1.82, 2.24) is 0 Å². The Bertz CT molecular complexity index is 691. The molecule has 19 heavy (non-hydrogen) atoms. The van der Waals surface area contributed by atoms with E-state index in [0.29, 0.717) is 5.69 Å². The van der Waals surface area contributed by atoms with E-state index in [-0.39, 0.29) is 4.90 Å². The third-order valence-corrected chi connectivity index (χ3v) is 4.01. The van der Waals surface area contributed by atoms with E-state index in [1.807, 2.05) is 19.9 Å². The van der Waals surface area contributed by atoms with Gasteiger partial charge < -0.3 is 0 Å². The monoisotopic (exact) mass is 279 g/mol. The zero-order chi connectivity index (χ0) is 14.0. The van der Waals surface area contributed by atoms with Gasteiger partial charge in [-0.1, -0.05) is 18.2 Å². The highest BCUT2D eigenvalue weighted by molar-refractivity contribution is 7.92. The van der Waals surface area contributed by atoms with Gasteiger partial charge in [0.2, 0.25) is 0 Å². The predicted octanol–water partition coefficient (Wildman–Crippen LogP) is 3.24. The van der Waals surface area contributed by atoms with Crippen LogP contribution in [-0.4, -0.2) is 8.42 Å². The second-order valence-corrected chi connectivity index (χ2v) is 6.06. The van der Waals surface area contributed by atoms with Crippen molar-refractivity contribution in [1.29, 1.82) is 0 Å². The Morgan fingerprint density at radius 1 is 1.00 bits per heavy atom. The second kappa shape index (κ2) is 5.01. The molecule has 2 rings (SSSR count). The van der Waals surface area contributed by atoms with Gasteiger partial charge in [-0.3, -0.25) is 4.72 Å². The molecule has 0 aromatic heterocycles. The van der Waals surface area contributed by atoms with Gasteiger partial charge in [0.1, 0.15) is 10.7 Å². The first-order valence-electron chi connectivity index (χ1n) is 5.74. The van der Waals surface area contributed by atoms with E-state index in [2.05, 4.69) is 4.72 Å². The summed E-state index contributed by atoms with van der Waals surface area (Å²) in [6.45, 7) is 3.74. The lowest BCUT2D eigenvalue weighted by molar-refractivity contribution is 0.570. The molecule has 0 fully saturated rings. The van der Waals surface area contributed by atoms with Crippen molar-refractivity contribution < 1.29 is 12.8 Å². The van der Waals surface area contributed by atoms with Crippen molar-refractivity contribution in [2.45, 2.75) is 18.7 Å². The van der Waals surface area contributed by atoms with Crippen LogP contribution >= 0.6 is 0 Å². The largest absolute Gasteiger partial charge is 0.280 e. The maximum Gasteiger partial charge on any atom is 0.264 e. The summed E-state index contributed by atoms with van der Waals surface area (Å²) >= 11 is 0. The van der Waals surface area contributed by atoms with Crippen LogP contribution in [0.25, 0.3) is 0 Å². The Hall–Kier alpha value is -1.88. The van der Waals surface area contributed by atoms with Crippen LogP contribution in [0.2, 0.25) is 0 Å². The Morgan fingerprint density at radius 2 is 1.58 bits per heavy atom. The average Bonchev–Trinajstić information content (AvgIpc) is 2.26. The summed E-state index contributed by atoms with van der Waals surface area (Å²) in [5.41, 5.74) is 2.30. The Balaban J connectivity index is 2.39. The lowest BCUT2D eigenvalue weighted by Gasteiger charge is -2.10. The molecule has 0 saturated carbocycles. The molecule has 0 heterocycles. The molecule has 3 nitrogen and oxygen atoms in total. The minimum Gasteiger partial charge on any atom is -0.280 e. The molecule has 0 aliphatic heterocycles. The van der Waals surface area contributed by atoms with Crippen LogP contribution < -0.4 is 4.72 Å². The average molecular weight is 279 g/mol. The van der Waals surface area contributed by atoms with Crippen molar-refractivity contribution in [2.75, 3.05) is 4.72 Å². The van der Waals surface area contributed by atoms with Crippen LogP contribution in [0.15, 0.2) is 47.4 Å². The molecule has 0 unspecified atom stereocenters. The van der Waals surface area contributed by atoms with E-state index in [1.165, 1.54) is 18.2 Å². The maximum absolute atomic E-state index is 13.5. The Morgan fingerprint density at radius 3 is 2.16 bits per heavy atom. The van der Waals surface area contributed by atoms with Crippen molar-refractivity contribution in [3.63, 3.8) is 0 Å². The number of anilines is 1. The van der Waals surface area contributed by atoms with Crippen molar-refractivity contribution in [3.8, 4) is 0 Å². The minimum absolute atomic E-state index is 0.353. The van der Waals surface area contributed by atoms with Crippen LogP contribution in [0.1, 0.15) is 11.1 Å². The molecule has 0 amide bonds. The molecule has 0 aliphatic carbocycles. The van der Waals surface area contributed by atoms with Crippen LogP contribution in [0, 0.1) is 19.7 Å². The normalized spacial score (nSPS) is 11.3. The topological polar surface area (TPSA) is 46.2 Å². The second-order valence-electron chi connectivity index (χ2n) is 4.41. The number of hydrogen-bond acceptors (Lipinski definition) is 2. The summed E-state index contributed by atoms with van der Waals surface area (Å²) in [5, 5.41) is 0. The molecule has 5 heteroatoms. The molecule has 100 valence electrons. The van der Waals surface area contributed by atoms with E-state index in [4.69, 9.17) is 0 Å². The summed E-state index contributed by atoms with van der Waals surface area (Å²) in [6.07, 6.45) is 0. The van der Waals surface area contributed by atoms with Gasteiger partial charge in [0.05, 0.1) is 0 Å². The minimum atomic E-state index is -3.90. The summed E-state index contributed by atoms with van der Waals surface area (Å²) in [5.74, 6) is -0.764. The zero-order valence-corrected chi connectivity index (χ0v) is 11.5. The van der Waals surface area contributed by atoms with E-state index in [9.17, 15) is 12.8 Å². The van der Waals surface area contributed by atoms with Gasteiger partial charge >= 0.3 is 0 Å². The first-order valence-corrected chi connectivity index (χ1v) is 7.22. The number of rotatable bonds is 3. The molecule has 0 bridgehead atoms. The first kappa shape index (κ1) is 13.5. The highest BCUT2D eigenvalue weighted by atomic mass is 32.2. The molecule has 0 spiro atoms. The van der Waals surface area contributed by atoms with Crippen molar-refractivity contribution in [2.24, 2.45) is 0 Å². The van der Waals surface area contributed by atoms with E-state index in [0.717, 1.165) is 17.2 Å². The summed E-state index contributed by atoms with van der Waals surface area (Å²) in [6, 6.07) is 10.6. The molecule has 0 saturated heterocycles. The SMILES string of the molecule is Cc1cc(C)cc(NS(=O)(=O)c2ccccc2F)c1. The standard InChI is InChI=1S/C14H14FNO2S/c1-10-7-11(2)9-12(8-10)16-19(17,18)14-6-4-3-5-13(14)15/h3-9,16H,1-2H3. The van der Waals surface area contributed by atoms with Gasteiger partial charge in [-0.25, -0.2) is 12.8 Å². The predicted molar refractivity (Wildman–Crippen MR) is 73.1 cm³/mol.